The van der Waals surface area contributed by atoms with Crippen LogP contribution in [0, 0.1) is 23.7 Å². The van der Waals surface area contributed by atoms with E-state index < -0.39 is 0 Å². The van der Waals surface area contributed by atoms with Gasteiger partial charge in [0.05, 0.1) is 0 Å². The lowest BCUT2D eigenvalue weighted by atomic mass is 9.82. The van der Waals surface area contributed by atoms with Crippen molar-refractivity contribution in [3.8, 4) is 0 Å². The smallest absolute Gasteiger partial charge is 0.226 e. The van der Waals surface area contributed by atoms with Gasteiger partial charge in [-0.3, -0.25) is 9.59 Å². The van der Waals surface area contributed by atoms with E-state index in [-0.39, 0.29) is 11.8 Å². The van der Waals surface area contributed by atoms with Gasteiger partial charge in [-0.25, -0.2) is 0 Å². The molecule has 154 valence electrons. The first-order valence-electron chi connectivity index (χ1n) is 11.5. The number of hydrogen-bond acceptors (Lipinski definition) is 2. The van der Waals surface area contributed by atoms with Crippen molar-refractivity contribution in [2.24, 2.45) is 23.7 Å². The molecule has 5 rings (SSSR count). The summed E-state index contributed by atoms with van der Waals surface area (Å²) in [5, 5.41) is 0. The Morgan fingerprint density at radius 3 is 2.62 bits per heavy atom. The van der Waals surface area contributed by atoms with E-state index in [1.54, 1.807) is 0 Å². The second-order valence-corrected chi connectivity index (χ2v) is 9.50. The van der Waals surface area contributed by atoms with Gasteiger partial charge < -0.3 is 9.80 Å². The van der Waals surface area contributed by atoms with Crippen molar-refractivity contribution in [3.63, 3.8) is 0 Å². The largest absolute Gasteiger partial charge is 0.342 e. The summed E-state index contributed by atoms with van der Waals surface area (Å²) in [6.45, 7) is 2.55. The maximum atomic E-state index is 13.3. The van der Waals surface area contributed by atoms with Gasteiger partial charge in [0.2, 0.25) is 11.8 Å². The van der Waals surface area contributed by atoms with E-state index in [0.717, 1.165) is 51.7 Å². The summed E-state index contributed by atoms with van der Waals surface area (Å²) in [6.07, 6.45) is 11.4. The van der Waals surface area contributed by atoms with E-state index >= 15 is 0 Å². The molecule has 2 bridgehead atoms. The summed E-state index contributed by atoms with van der Waals surface area (Å²) in [6, 6.07) is 10.6. The molecule has 4 heteroatoms. The predicted molar refractivity (Wildman–Crippen MR) is 113 cm³/mol. The molecule has 0 spiro atoms. The number of fused-ring (bicyclic) bond motifs is 3. The second kappa shape index (κ2) is 7.97. The number of allylic oxidation sites excluding steroid dienone is 2. The van der Waals surface area contributed by atoms with Crippen LogP contribution >= 0.6 is 0 Å². The second-order valence-electron chi connectivity index (χ2n) is 9.50. The lowest BCUT2D eigenvalue weighted by Crippen LogP contribution is -2.57. The molecule has 2 heterocycles. The quantitative estimate of drug-likeness (QED) is 0.734. The van der Waals surface area contributed by atoms with Crippen molar-refractivity contribution in [2.75, 3.05) is 19.6 Å². The molecule has 0 unspecified atom stereocenters. The first-order valence-corrected chi connectivity index (χ1v) is 11.5. The summed E-state index contributed by atoms with van der Waals surface area (Å²) < 4.78 is 0. The molecule has 3 fully saturated rings. The van der Waals surface area contributed by atoms with E-state index in [1.807, 2.05) is 18.2 Å². The Kier molecular flexibility index (Phi) is 5.19. The third-order valence-corrected chi connectivity index (χ3v) is 7.77. The standard InChI is InChI=1S/C25H32N2O2/c28-24(11-9-18-5-2-1-3-6-18)26-14-12-23-21(17-26)7-4-13-27(23)25(29)22-16-19-8-10-20(22)15-19/h1-3,5-6,8,10,19-23H,4,7,9,11-17H2/t19-,20+,21-,22-,23-/m1/s1. The van der Waals surface area contributed by atoms with Crippen LogP contribution in [0.5, 0.6) is 0 Å². The highest BCUT2D eigenvalue weighted by Crippen LogP contribution is 2.45. The molecule has 4 aliphatic rings. The van der Waals surface area contributed by atoms with Crippen LogP contribution in [0.2, 0.25) is 0 Å². The van der Waals surface area contributed by atoms with Crippen LogP contribution in [0.1, 0.15) is 44.1 Å². The molecule has 2 saturated heterocycles. The zero-order chi connectivity index (χ0) is 19.8. The molecule has 2 amide bonds. The Hall–Kier alpha value is -2.10. The highest BCUT2D eigenvalue weighted by atomic mass is 16.2. The molecule has 5 atom stereocenters. The first kappa shape index (κ1) is 18.9. The number of benzene rings is 1. The number of carbonyl (C=O) groups excluding carboxylic acids is 2. The fourth-order valence-electron chi connectivity index (χ4n) is 6.24. The van der Waals surface area contributed by atoms with E-state index in [9.17, 15) is 9.59 Å². The minimum atomic E-state index is 0.217. The Morgan fingerprint density at radius 1 is 1.00 bits per heavy atom. The molecule has 4 nitrogen and oxygen atoms in total. The highest BCUT2D eigenvalue weighted by Gasteiger charge is 2.45. The van der Waals surface area contributed by atoms with E-state index in [4.69, 9.17) is 0 Å². The summed E-state index contributed by atoms with van der Waals surface area (Å²) in [7, 11) is 0. The predicted octanol–water partition coefficient (Wildman–Crippen LogP) is 3.67. The summed E-state index contributed by atoms with van der Waals surface area (Å²) in [5.41, 5.74) is 1.23. The zero-order valence-electron chi connectivity index (χ0n) is 17.2. The van der Waals surface area contributed by atoms with Gasteiger partial charge in [0.1, 0.15) is 0 Å². The minimum Gasteiger partial charge on any atom is -0.342 e. The molecule has 0 radical (unpaired) electrons. The van der Waals surface area contributed by atoms with Crippen LogP contribution in [-0.2, 0) is 16.0 Å². The van der Waals surface area contributed by atoms with Crippen molar-refractivity contribution in [3.05, 3.63) is 48.0 Å². The van der Waals surface area contributed by atoms with Crippen molar-refractivity contribution in [1.82, 2.24) is 9.80 Å². The fourth-order valence-corrected chi connectivity index (χ4v) is 6.24. The minimum absolute atomic E-state index is 0.217. The lowest BCUT2D eigenvalue weighted by Gasteiger charge is -2.48. The van der Waals surface area contributed by atoms with Crippen molar-refractivity contribution in [1.29, 1.82) is 0 Å². The molecule has 1 saturated carbocycles. The third kappa shape index (κ3) is 3.74. The Labute approximate surface area is 173 Å². The van der Waals surface area contributed by atoms with Crippen LogP contribution in [0.15, 0.2) is 42.5 Å². The molecule has 1 aromatic rings. The molecular formula is C25H32N2O2. The summed E-state index contributed by atoms with van der Waals surface area (Å²) in [5.74, 6) is 2.46. The van der Waals surface area contributed by atoms with Crippen molar-refractivity contribution >= 4 is 11.8 Å². The highest BCUT2D eigenvalue weighted by molar-refractivity contribution is 5.81. The van der Waals surface area contributed by atoms with Gasteiger partial charge in [-0.05, 0) is 61.8 Å². The van der Waals surface area contributed by atoms with Gasteiger partial charge in [0.25, 0.3) is 0 Å². The van der Waals surface area contributed by atoms with Gasteiger partial charge in [-0.15, -0.1) is 0 Å². The molecule has 0 N–H and O–H groups in total. The number of piperidine rings is 2. The van der Waals surface area contributed by atoms with Gasteiger partial charge in [-0.1, -0.05) is 42.5 Å². The summed E-state index contributed by atoms with van der Waals surface area (Å²) >= 11 is 0. The number of nitrogens with zero attached hydrogens (tertiary/aromatic N) is 2. The number of aryl methyl sites for hydroxylation is 1. The number of hydrogen-bond donors (Lipinski definition) is 0. The third-order valence-electron chi connectivity index (χ3n) is 7.77. The molecule has 0 aromatic heterocycles. The summed E-state index contributed by atoms with van der Waals surface area (Å²) in [4.78, 5) is 30.4. The van der Waals surface area contributed by atoms with Crippen LogP contribution in [0.4, 0.5) is 0 Å². The maximum Gasteiger partial charge on any atom is 0.226 e. The van der Waals surface area contributed by atoms with E-state index in [1.165, 1.54) is 12.0 Å². The molecule has 1 aromatic carbocycles. The molecular weight excluding hydrogens is 360 g/mol. The normalized spacial score (nSPS) is 33.0. The SMILES string of the molecule is O=C(CCc1ccccc1)N1CC[C@@H]2[C@H](CCCN2C(=O)[C@@H]2C[C@@H]3C=C[C@H]2C3)C1. The fraction of sp³-hybridized carbons (Fsp3) is 0.600. The van der Waals surface area contributed by atoms with Crippen LogP contribution < -0.4 is 0 Å². The van der Waals surface area contributed by atoms with Gasteiger partial charge in [0, 0.05) is 38.0 Å². The number of amides is 2. The molecule has 29 heavy (non-hydrogen) atoms. The average Bonchev–Trinajstić information content (AvgIpc) is 3.41. The van der Waals surface area contributed by atoms with E-state index in [2.05, 4.69) is 34.1 Å². The van der Waals surface area contributed by atoms with Crippen LogP contribution in [0.25, 0.3) is 0 Å². The monoisotopic (exact) mass is 392 g/mol. The van der Waals surface area contributed by atoms with Crippen LogP contribution in [-0.4, -0.2) is 47.3 Å². The Balaban J connectivity index is 1.18. The van der Waals surface area contributed by atoms with Crippen LogP contribution in [0.3, 0.4) is 0 Å². The number of carbonyl (C=O) groups is 2. The van der Waals surface area contributed by atoms with Crippen molar-refractivity contribution in [2.45, 2.75) is 51.0 Å². The van der Waals surface area contributed by atoms with Gasteiger partial charge >= 0.3 is 0 Å². The average molecular weight is 393 g/mol. The van der Waals surface area contributed by atoms with Crippen molar-refractivity contribution < 1.29 is 9.59 Å². The topological polar surface area (TPSA) is 40.6 Å². The first-order chi connectivity index (χ1) is 14.2. The Morgan fingerprint density at radius 2 is 1.86 bits per heavy atom. The number of likely N-dealkylation sites (tertiary alicyclic amines) is 2. The molecule has 2 aliphatic carbocycles. The Bertz CT molecular complexity index is 789. The molecule has 2 aliphatic heterocycles. The van der Waals surface area contributed by atoms with E-state index in [0.29, 0.717) is 36.1 Å². The van der Waals surface area contributed by atoms with Gasteiger partial charge in [-0.2, -0.15) is 0 Å². The number of rotatable bonds is 4. The maximum absolute atomic E-state index is 13.3. The zero-order valence-corrected chi connectivity index (χ0v) is 17.2. The van der Waals surface area contributed by atoms with Gasteiger partial charge in [0.15, 0.2) is 0 Å². The lowest BCUT2D eigenvalue weighted by molar-refractivity contribution is -0.145.